The molecular formula is C13H20N2O. The van der Waals surface area contributed by atoms with Gasteiger partial charge in [0.05, 0.1) is 0 Å². The van der Waals surface area contributed by atoms with E-state index in [4.69, 9.17) is 0 Å². The Bertz CT molecular complexity index is 403. The van der Waals surface area contributed by atoms with E-state index in [1.165, 1.54) is 19.3 Å². The molecule has 0 aliphatic carbocycles. The van der Waals surface area contributed by atoms with Crippen LogP contribution in [-0.4, -0.2) is 18.1 Å². The van der Waals surface area contributed by atoms with Crippen LogP contribution in [0.1, 0.15) is 44.7 Å². The molecular weight excluding hydrogens is 200 g/mol. The third kappa shape index (κ3) is 2.46. The number of aromatic nitrogens is 1. The number of hydrogen-bond donors (Lipinski definition) is 1. The zero-order valence-corrected chi connectivity index (χ0v) is 10.1. The quantitative estimate of drug-likeness (QED) is 0.831. The molecule has 3 heteroatoms. The molecule has 2 rings (SSSR count). The molecule has 0 radical (unpaired) electrons. The fraction of sp³-hybridized carbons (Fsp3) is 0.615. The van der Waals surface area contributed by atoms with Gasteiger partial charge in [0.15, 0.2) is 0 Å². The van der Waals surface area contributed by atoms with Crippen molar-refractivity contribution in [1.29, 1.82) is 0 Å². The normalized spacial score (nSPS) is 16.8. The highest BCUT2D eigenvalue weighted by molar-refractivity contribution is 5.47. The van der Waals surface area contributed by atoms with Crippen molar-refractivity contribution in [3.05, 3.63) is 28.2 Å². The van der Waals surface area contributed by atoms with Gasteiger partial charge in [-0.15, -0.1) is 0 Å². The van der Waals surface area contributed by atoms with E-state index in [-0.39, 0.29) is 5.56 Å². The van der Waals surface area contributed by atoms with Gasteiger partial charge in [0.1, 0.15) is 0 Å². The summed E-state index contributed by atoms with van der Waals surface area (Å²) in [5.74, 6) is 0.373. The molecule has 1 fully saturated rings. The number of nitrogens with zero attached hydrogens (tertiary/aromatic N) is 1. The number of pyridine rings is 1. The van der Waals surface area contributed by atoms with Crippen molar-refractivity contribution in [2.45, 2.75) is 39.0 Å². The lowest BCUT2D eigenvalue weighted by Crippen LogP contribution is -2.30. The number of anilines is 1. The van der Waals surface area contributed by atoms with E-state index in [0.717, 1.165) is 24.5 Å². The van der Waals surface area contributed by atoms with Crippen molar-refractivity contribution in [2.75, 3.05) is 18.0 Å². The second-order valence-corrected chi connectivity index (χ2v) is 4.86. The first kappa shape index (κ1) is 11.2. The van der Waals surface area contributed by atoms with Crippen LogP contribution in [0.4, 0.5) is 5.69 Å². The number of hydrogen-bond acceptors (Lipinski definition) is 2. The minimum Gasteiger partial charge on any atom is -0.371 e. The van der Waals surface area contributed by atoms with Crippen molar-refractivity contribution in [3.63, 3.8) is 0 Å². The highest BCUT2D eigenvalue weighted by atomic mass is 16.1. The van der Waals surface area contributed by atoms with Crippen LogP contribution in [0.15, 0.2) is 16.9 Å². The maximum Gasteiger partial charge on any atom is 0.250 e. The summed E-state index contributed by atoms with van der Waals surface area (Å²) in [6.45, 7) is 6.37. The summed E-state index contributed by atoms with van der Waals surface area (Å²) >= 11 is 0. The van der Waals surface area contributed by atoms with Crippen molar-refractivity contribution < 1.29 is 0 Å². The molecule has 0 atom stereocenters. The van der Waals surface area contributed by atoms with Gasteiger partial charge in [0, 0.05) is 30.5 Å². The summed E-state index contributed by atoms with van der Waals surface area (Å²) in [6, 6.07) is 3.84. The molecule has 2 heterocycles. The molecule has 1 aromatic rings. The molecule has 3 nitrogen and oxygen atoms in total. The summed E-state index contributed by atoms with van der Waals surface area (Å²) in [5.41, 5.74) is 2.15. The molecule has 1 aromatic heterocycles. The van der Waals surface area contributed by atoms with Crippen LogP contribution in [0.2, 0.25) is 0 Å². The Hall–Kier alpha value is -1.25. The van der Waals surface area contributed by atoms with E-state index in [1.807, 2.05) is 0 Å². The largest absolute Gasteiger partial charge is 0.371 e. The minimum atomic E-state index is 0.0202. The van der Waals surface area contributed by atoms with Crippen LogP contribution in [-0.2, 0) is 0 Å². The minimum absolute atomic E-state index is 0.0202. The molecule has 0 unspecified atom stereocenters. The van der Waals surface area contributed by atoms with E-state index >= 15 is 0 Å². The first-order valence-corrected chi connectivity index (χ1v) is 6.16. The Morgan fingerprint density at radius 1 is 1.19 bits per heavy atom. The van der Waals surface area contributed by atoms with E-state index in [1.54, 1.807) is 6.07 Å². The van der Waals surface area contributed by atoms with Gasteiger partial charge in [-0.1, -0.05) is 13.8 Å². The Kier molecular flexibility index (Phi) is 3.32. The van der Waals surface area contributed by atoms with Crippen LogP contribution in [0.5, 0.6) is 0 Å². The van der Waals surface area contributed by atoms with Crippen LogP contribution >= 0.6 is 0 Å². The zero-order chi connectivity index (χ0) is 11.5. The van der Waals surface area contributed by atoms with Crippen molar-refractivity contribution in [1.82, 2.24) is 4.98 Å². The Labute approximate surface area is 96.5 Å². The number of aromatic amines is 1. The second-order valence-electron chi connectivity index (χ2n) is 4.86. The Morgan fingerprint density at radius 2 is 1.88 bits per heavy atom. The second kappa shape index (κ2) is 4.73. The van der Waals surface area contributed by atoms with Gasteiger partial charge in [-0.3, -0.25) is 4.79 Å². The maximum atomic E-state index is 11.6. The predicted molar refractivity (Wildman–Crippen MR) is 67.2 cm³/mol. The first-order chi connectivity index (χ1) is 7.66. The van der Waals surface area contributed by atoms with E-state index in [9.17, 15) is 4.79 Å². The number of rotatable bonds is 2. The fourth-order valence-electron chi connectivity index (χ4n) is 2.20. The van der Waals surface area contributed by atoms with Crippen molar-refractivity contribution >= 4 is 5.69 Å². The van der Waals surface area contributed by atoms with Gasteiger partial charge in [0.2, 0.25) is 5.56 Å². The standard InChI is InChI=1S/C13H20N2O/c1-10(2)12-8-11(9-13(16)14-12)15-6-4-3-5-7-15/h8-10H,3-7H2,1-2H3,(H,14,16). The first-order valence-electron chi connectivity index (χ1n) is 6.16. The average molecular weight is 220 g/mol. The molecule has 1 N–H and O–H groups in total. The monoisotopic (exact) mass is 220 g/mol. The Balaban J connectivity index is 2.29. The van der Waals surface area contributed by atoms with Crippen molar-refractivity contribution in [3.8, 4) is 0 Å². The van der Waals surface area contributed by atoms with Crippen molar-refractivity contribution in [2.24, 2.45) is 0 Å². The zero-order valence-electron chi connectivity index (χ0n) is 10.1. The Morgan fingerprint density at radius 3 is 2.50 bits per heavy atom. The molecule has 0 aromatic carbocycles. The topological polar surface area (TPSA) is 36.1 Å². The maximum absolute atomic E-state index is 11.6. The summed E-state index contributed by atoms with van der Waals surface area (Å²) in [6.07, 6.45) is 3.80. The van der Waals surface area contributed by atoms with E-state index < -0.39 is 0 Å². The van der Waals surface area contributed by atoms with E-state index in [0.29, 0.717) is 5.92 Å². The lowest BCUT2D eigenvalue weighted by Gasteiger charge is -2.29. The number of nitrogens with one attached hydrogen (secondary N) is 1. The molecule has 16 heavy (non-hydrogen) atoms. The van der Waals surface area contributed by atoms with Gasteiger partial charge < -0.3 is 9.88 Å². The lowest BCUT2D eigenvalue weighted by atomic mass is 10.1. The van der Waals surface area contributed by atoms with Gasteiger partial charge >= 0.3 is 0 Å². The summed E-state index contributed by atoms with van der Waals surface area (Å²) in [4.78, 5) is 16.8. The molecule has 1 aliphatic heterocycles. The third-order valence-electron chi connectivity index (χ3n) is 3.19. The number of piperidine rings is 1. The molecule has 1 aliphatic rings. The summed E-state index contributed by atoms with van der Waals surface area (Å²) in [5, 5.41) is 0. The van der Waals surface area contributed by atoms with Gasteiger partial charge in [-0.05, 0) is 31.2 Å². The highest BCUT2D eigenvalue weighted by Crippen LogP contribution is 2.21. The third-order valence-corrected chi connectivity index (χ3v) is 3.19. The molecule has 88 valence electrons. The lowest BCUT2D eigenvalue weighted by molar-refractivity contribution is 0.577. The van der Waals surface area contributed by atoms with Gasteiger partial charge in [0.25, 0.3) is 0 Å². The van der Waals surface area contributed by atoms with Gasteiger partial charge in [-0.25, -0.2) is 0 Å². The molecule has 0 spiro atoms. The van der Waals surface area contributed by atoms with E-state index in [2.05, 4.69) is 29.8 Å². The average Bonchev–Trinajstić information content (AvgIpc) is 2.29. The SMILES string of the molecule is CC(C)c1cc(N2CCCCC2)cc(=O)[nH]1. The fourth-order valence-corrected chi connectivity index (χ4v) is 2.20. The van der Waals surface area contributed by atoms with Crippen LogP contribution < -0.4 is 10.5 Å². The predicted octanol–water partition coefficient (Wildman–Crippen LogP) is 2.49. The van der Waals surface area contributed by atoms with Gasteiger partial charge in [-0.2, -0.15) is 0 Å². The smallest absolute Gasteiger partial charge is 0.250 e. The van der Waals surface area contributed by atoms with Crippen LogP contribution in [0.25, 0.3) is 0 Å². The highest BCUT2D eigenvalue weighted by Gasteiger charge is 2.12. The summed E-state index contributed by atoms with van der Waals surface area (Å²) in [7, 11) is 0. The van der Waals surface area contributed by atoms with Crippen LogP contribution in [0.3, 0.4) is 0 Å². The number of H-pyrrole nitrogens is 1. The molecule has 1 saturated heterocycles. The van der Waals surface area contributed by atoms with Crippen LogP contribution in [0, 0.1) is 0 Å². The summed E-state index contributed by atoms with van der Waals surface area (Å²) < 4.78 is 0. The molecule has 0 saturated carbocycles. The molecule has 0 amide bonds. The molecule has 0 bridgehead atoms.